The number of hydrogen-bond acceptors (Lipinski definition) is 3. The molecule has 0 unspecified atom stereocenters. The summed E-state index contributed by atoms with van der Waals surface area (Å²) in [7, 11) is 0. The molecule has 0 saturated heterocycles. The number of ketones is 1. The van der Waals surface area contributed by atoms with E-state index in [9.17, 15) is 9.59 Å². The first kappa shape index (κ1) is 16.2. The van der Waals surface area contributed by atoms with Gasteiger partial charge in [-0.15, -0.1) is 0 Å². The number of aryl methyl sites for hydroxylation is 1. The van der Waals surface area contributed by atoms with E-state index in [2.05, 4.69) is 23.4 Å². The Kier molecular flexibility index (Phi) is 4.09. The molecule has 5 heteroatoms. The molecular weight excluding hydrogens is 302 g/mol. The Hall–Kier alpha value is -2.69. The SMILES string of the molecule is Cc1cc(C(=O)Cn2cnc3ccccc3c2=O)c(C)n1C(C)C. The maximum absolute atomic E-state index is 12.7. The molecule has 2 heterocycles. The van der Waals surface area contributed by atoms with Crippen molar-refractivity contribution in [3.05, 3.63) is 64.0 Å². The monoisotopic (exact) mass is 323 g/mol. The van der Waals surface area contributed by atoms with Gasteiger partial charge in [0.15, 0.2) is 5.78 Å². The highest BCUT2D eigenvalue weighted by atomic mass is 16.1. The van der Waals surface area contributed by atoms with Crippen LogP contribution in [0, 0.1) is 13.8 Å². The number of fused-ring (bicyclic) bond motifs is 1. The van der Waals surface area contributed by atoms with Gasteiger partial charge in [-0.1, -0.05) is 12.1 Å². The van der Waals surface area contributed by atoms with Crippen LogP contribution in [0.1, 0.15) is 41.6 Å². The van der Waals surface area contributed by atoms with Crippen molar-refractivity contribution in [1.82, 2.24) is 14.1 Å². The summed E-state index contributed by atoms with van der Waals surface area (Å²) in [6, 6.07) is 9.35. The van der Waals surface area contributed by atoms with Crippen LogP contribution >= 0.6 is 0 Å². The van der Waals surface area contributed by atoms with Gasteiger partial charge in [-0.25, -0.2) is 4.98 Å². The quantitative estimate of drug-likeness (QED) is 0.692. The summed E-state index contributed by atoms with van der Waals surface area (Å²) in [6.07, 6.45) is 1.45. The number of Topliss-reactive ketones (excluding diaryl/α,β-unsaturated/α-hetero) is 1. The molecule has 24 heavy (non-hydrogen) atoms. The highest BCUT2D eigenvalue weighted by molar-refractivity contribution is 5.97. The first-order valence-electron chi connectivity index (χ1n) is 8.06. The summed E-state index contributed by atoms with van der Waals surface area (Å²) in [5.41, 5.74) is 3.11. The van der Waals surface area contributed by atoms with Crippen molar-refractivity contribution >= 4 is 16.7 Å². The minimum Gasteiger partial charge on any atom is -0.346 e. The van der Waals surface area contributed by atoms with Gasteiger partial charge < -0.3 is 4.57 Å². The molecule has 3 rings (SSSR count). The maximum Gasteiger partial charge on any atom is 0.261 e. The predicted octanol–water partition coefficient (Wildman–Crippen LogP) is 3.28. The van der Waals surface area contributed by atoms with Crippen molar-refractivity contribution in [2.24, 2.45) is 0 Å². The third kappa shape index (κ3) is 2.66. The topological polar surface area (TPSA) is 56.9 Å². The number of aromatic nitrogens is 3. The lowest BCUT2D eigenvalue weighted by Crippen LogP contribution is -2.25. The van der Waals surface area contributed by atoms with Crippen LogP contribution < -0.4 is 5.56 Å². The average molecular weight is 323 g/mol. The second-order valence-electron chi connectivity index (χ2n) is 6.37. The Morgan fingerprint density at radius 1 is 1.21 bits per heavy atom. The molecule has 2 aromatic heterocycles. The van der Waals surface area contributed by atoms with Gasteiger partial charge in [0.1, 0.15) is 0 Å². The van der Waals surface area contributed by atoms with Gasteiger partial charge >= 0.3 is 0 Å². The van der Waals surface area contributed by atoms with Crippen LogP contribution in [0.5, 0.6) is 0 Å². The molecule has 0 aliphatic rings. The van der Waals surface area contributed by atoms with Crippen LogP contribution in [0.25, 0.3) is 10.9 Å². The summed E-state index contributed by atoms with van der Waals surface area (Å²) in [5.74, 6) is -0.0748. The summed E-state index contributed by atoms with van der Waals surface area (Å²) >= 11 is 0. The number of hydrogen-bond donors (Lipinski definition) is 0. The molecule has 0 aliphatic heterocycles. The average Bonchev–Trinajstić information content (AvgIpc) is 2.85. The van der Waals surface area contributed by atoms with E-state index in [1.807, 2.05) is 26.0 Å². The molecule has 1 aromatic carbocycles. The van der Waals surface area contributed by atoms with E-state index in [4.69, 9.17) is 0 Å². The zero-order chi connectivity index (χ0) is 17.4. The molecule has 0 aliphatic carbocycles. The fraction of sp³-hybridized carbons (Fsp3) is 0.316. The van der Waals surface area contributed by atoms with Crippen LogP contribution in [-0.4, -0.2) is 19.9 Å². The fourth-order valence-corrected chi connectivity index (χ4v) is 3.31. The Morgan fingerprint density at radius 3 is 2.58 bits per heavy atom. The van der Waals surface area contributed by atoms with Crippen molar-refractivity contribution < 1.29 is 4.79 Å². The molecule has 3 aromatic rings. The van der Waals surface area contributed by atoms with E-state index in [1.54, 1.807) is 18.2 Å². The van der Waals surface area contributed by atoms with E-state index in [0.29, 0.717) is 16.5 Å². The van der Waals surface area contributed by atoms with Crippen LogP contribution in [0.3, 0.4) is 0 Å². The van der Waals surface area contributed by atoms with Crippen molar-refractivity contribution in [3.8, 4) is 0 Å². The Bertz CT molecular complexity index is 980. The molecule has 0 atom stereocenters. The van der Waals surface area contributed by atoms with Gasteiger partial charge in [-0.2, -0.15) is 0 Å². The van der Waals surface area contributed by atoms with Gasteiger partial charge in [0.25, 0.3) is 5.56 Å². The first-order valence-corrected chi connectivity index (χ1v) is 8.06. The van der Waals surface area contributed by atoms with Gasteiger partial charge in [0.2, 0.25) is 0 Å². The molecular formula is C19H21N3O2. The van der Waals surface area contributed by atoms with E-state index < -0.39 is 0 Å². The molecule has 0 saturated carbocycles. The van der Waals surface area contributed by atoms with Gasteiger partial charge in [-0.3, -0.25) is 14.2 Å². The molecule has 5 nitrogen and oxygen atoms in total. The van der Waals surface area contributed by atoms with Gasteiger partial charge in [-0.05, 0) is 45.9 Å². The number of rotatable bonds is 4. The Labute approximate surface area is 140 Å². The van der Waals surface area contributed by atoms with Crippen LogP contribution in [-0.2, 0) is 6.54 Å². The normalized spacial score (nSPS) is 11.4. The molecule has 124 valence electrons. The predicted molar refractivity (Wildman–Crippen MR) is 94.6 cm³/mol. The summed E-state index contributed by atoms with van der Waals surface area (Å²) in [4.78, 5) is 29.5. The van der Waals surface area contributed by atoms with E-state index >= 15 is 0 Å². The Morgan fingerprint density at radius 2 is 1.92 bits per heavy atom. The number of para-hydroxylation sites is 1. The Balaban J connectivity index is 1.98. The molecule has 0 N–H and O–H groups in total. The third-order valence-electron chi connectivity index (χ3n) is 4.35. The van der Waals surface area contributed by atoms with E-state index in [-0.39, 0.29) is 23.9 Å². The van der Waals surface area contributed by atoms with Crippen molar-refractivity contribution in [2.75, 3.05) is 0 Å². The van der Waals surface area contributed by atoms with Gasteiger partial charge in [0.05, 0.1) is 23.8 Å². The lowest BCUT2D eigenvalue weighted by Gasteiger charge is -2.13. The standard InChI is InChI=1S/C19H21N3O2/c1-12(2)22-13(3)9-16(14(22)4)18(23)10-21-11-20-17-8-6-5-7-15(17)19(21)24/h5-9,11-12H,10H2,1-4H3. The highest BCUT2D eigenvalue weighted by Crippen LogP contribution is 2.20. The molecule has 0 spiro atoms. The van der Waals surface area contributed by atoms with Crippen molar-refractivity contribution in [1.29, 1.82) is 0 Å². The number of benzene rings is 1. The fourth-order valence-electron chi connectivity index (χ4n) is 3.31. The lowest BCUT2D eigenvalue weighted by atomic mass is 10.1. The maximum atomic E-state index is 12.7. The number of carbonyl (C=O) groups excluding carboxylic acids is 1. The highest BCUT2D eigenvalue weighted by Gasteiger charge is 2.18. The summed E-state index contributed by atoms with van der Waals surface area (Å²) < 4.78 is 3.51. The zero-order valence-electron chi connectivity index (χ0n) is 14.4. The molecule has 0 amide bonds. The third-order valence-corrected chi connectivity index (χ3v) is 4.35. The smallest absolute Gasteiger partial charge is 0.261 e. The van der Waals surface area contributed by atoms with Crippen molar-refractivity contribution in [2.45, 2.75) is 40.3 Å². The zero-order valence-corrected chi connectivity index (χ0v) is 14.4. The first-order chi connectivity index (χ1) is 11.4. The van der Waals surface area contributed by atoms with E-state index in [1.165, 1.54) is 10.9 Å². The second kappa shape index (κ2) is 6.07. The minimum absolute atomic E-state index is 0.000936. The summed E-state index contributed by atoms with van der Waals surface area (Å²) in [6.45, 7) is 8.12. The molecule has 0 radical (unpaired) electrons. The largest absolute Gasteiger partial charge is 0.346 e. The number of nitrogens with zero attached hydrogens (tertiary/aromatic N) is 3. The van der Waals surface area contributed by atoms with Crippen LogP contribution in [0.4, 0.5) is 0 Å². The van der Waals surface area contributed by atoms with Gasteiger partial charge in [0, 0.05) is 23.0 Å². The van der Waals surface area contributed by atoms with Crippen molar-refractivity contribution in [3.63, 3.8) is 0 Å². The number of carbonyl (C=O) groups is 1. The van der Waals surface area contributed by atoms with Crippen LogP contribution in [0.2, 0.25) is 0 Å². The van der Waals surface area contributed by atoms with Crippen LogP contribution in [0.15, 0.2) is 41.5 Å². The lowest BCUT2D eigenvalue weighted by molar-refractivity contribution is 0.0970. The van der Waals surface area contributed by atoms with E-state index in [0.717, 1.165) is 11.4 Å². The minimum atomic E-state index is -0.188. The summed E-state index contributed by atoms with van der Waals surface area (Å²) in [5, 5.41) is 0.528. The molecule has 0 fully saturated rings. The molecule has 0 bridgehead atoms. The second-order valence-corrected chi connectivity index (χ2v) is 6.37.